The number of carbonyl (C=O) groups excluding carboxylic acids is 1. The number of rotatable bonds is 28. The number of esters is 1. The molecule has 0 saturated heterocycles. The molecule has 0 atom stereocenters. The van der Waals surface area contributed by atoms with E-state index < -0.39 is 0 Å². The quantitative estimate of drug-likeness (QED) is 0.0555. The number of alkyl halides is 1. The van der Waals surface area contributed by atoms with E-state index in [0.29, 0.717) is 18.9 Å². The topological polar surface area (TPSA) is 26.3 Å². The molecule has 0 aliphatic carbocycles. The highest BCUT2D eigenvalue weighted by atomic mass is 79.9. The van der Waals surface area contributed by atoms with Gasteiger partial charge in [-0.2, -0.15) is 0 Å². The highest BCUT2D eigenvalue weighted by molar-refractivity contribution is 9.09. The number of halogens is 1. The summed E-state index contributed by atoms with van der Waals surface area (Å²) in [6.07, 6.45) is 32.4. The maximum atomic E-state index is 12.2. The summed E-state index contributed by atoms with van der Waals surface area (Å²) in [5.74, 6) is 0.606. The Morgan fingerprint density at radius 1 is 0.559 bits per heavy atom. The Kier molecular flexibility index (Phi) is 29.1. The number of ether oxygens (including phenoxy) is 1. The summed E-state index contributed by atoms with van der Waals surface area (Å²) in [5.41, 5.74) is 0. The minimum absolute atomic E-state index is 0.0306. The van der Waals surface area contributed by atoms with Gasteiger partial charge in [-0.05, 0) is 31.6 Å². The van der Waals surface area contributed by atoms with E-state index in [1.54, 1.807) is 0 Å². The van der Waals surface area contributed by atoms with Gasteiger partial charge in [0.15, 0.2) is 0 Å². The number of carbonyl (C=O) groups is 1. The Balaban J connectivity index is 4.00. The van der Waals surface area contributed by atoms with E-state index >= 15 is 0 Å². The van der Waals surface area contributed by atoms with Crippen molar-refractivity contribution in [1.29, 1.82) is 0 Å². The van der Waals surface area contributed by atoms with Gasteiger partial charge in [-0.3, -0.25) is 4.79 Å². The molecule has 0 radical (unpaired) electrons. The van der Waals surface area contributed by atoms with Crippen molar-refractivity contribution in [2.24, 2.45) is 5.92 Å². The van der Waals surface area contributed by atoms with E-state index in [2.05, 4.69) is 29.8 Å². The number of hydrogen-bond acceptors (Lipinski definition) is 2. The van der Waals surface area contributed by atoms with Gasteiger partial charge >= 0.3 is 5.97 Å². The minimum atomic E-state index is 0.0306. The first-order valence-electron chi connectivity index (χ1n) is 15.5. The van der Waals surface area contributed by atoms with Crippen molar-refractivity contribution in [1.82, 2.24) is 0 Å². The lowest BCUT2D eigenvalue weighted by molar-refractivity contribution is -0.145. The second kappa shape index (κ2) is 29.2. The van der Waals surface area contributed by atoms with Gasteiger partial charge < -0.3 is 4.74 Å². The summed E-state index contributed by atoms with van der Waals surface area (Å²) < 4.78 is 5.73. The lowest BCUT2D eigenvalue weighted by Gasteiger charge is -2.17. The normalized spacial score (nSPS) is 11.4. The Morgan fingerprint density at radius 2 is 0.941 bits per heavy atom. The van der Waals surface area contributed by atoms with Gasteiger partial charge in [0.1, 0.15) is 0 Å². The first-order chi connectivity index (χ1) is 16.7. The van der Waals surface area contributed by atoms with Crippen LogP contribution >= 0.6 is 15.9 Å². The predicted molar refractivity (Wildman–Crippen MR) is 155 cm³/mol. The van der Waals surface area contributed by atoms with Crippen LogP contribution in [0.1, 0.15) is 174 Å². The van der Waals surface area contributed by atoms with Crippen molar-refractivity contribution in [3.05, 3.63) is 0 Å². The van der Waals surface area contributed by atoms with Crippen LogP contribution in [0.2, 0.25) is 0 Å². The minimum Gasteiger partial charge on any atom is -0.465 e. The van der Waals surface area contributed by atoms with E-state index in [-0.39, 0.29) is 5.97 Å². The van der Waals surface area contributed by atoms with Gasteiger partial charge in [0, 0.05) is 11.8 Å². The van der Waals surface area contributed by atoms with Crippen LogP contribution < -0.4 is 0 Å². The molecule has 0 N–H and O–H groups in total. The Bertz CT molecular complexity index is 377. The van der Waals surface area contributed by atoms with Gasteiger partial charge in [0.2, 0.25) is 0 Å². The van der Waals surface area contributed by atoms with Crippen LogP contribution in [0.4, 0.5) is 0 Å². The van der Waals surface area contributed by atoms with Crippen molar-refractivity contribution in [2.45, 2.75) is 174 Å². The smallest absolute Gasteiger partial charge is 0.305 e. The third-order valence-corrected chi connectivity index (χ3v) is 7.74. The van der Waals surface area contributed by atoms with Crippen molar-refractivity contribution in [2.75, 3.05) is 11.9 Å². The molecular weight excluding hydrogens is 484 g/mol. The fourth-order valence-electron chi connectivity index (χ4n) is 4.80. The second-order valence-electron chi connectivity index (χ2n) is 10.6. The number of unbranched alkanes of at least 4 members (excludes halogenated alkanes) is 19. The van der Waals surface area contributed by atoms with E-state index in [1.807, 2.05) is 0 Å². The maximum absolute atomic E-state index is 12.2. The summed E-state index contributed by atoms with van der Waals surface area (Å²) in [6, 6.07) is 0. The molecule has 0 aliphatic heterocycles. The molecule has 0 spiro atoms. The average Bonchev–Trinajstić information content (AvgIpc) is 2.84. The molecule has 0 aromatic heterocycles. The molecule has 0 aliphatic rings. The van der Waals surface area contributed by atoms with Gasteiger partial charge in [-0.1, -0.05) is 158 Å². The lowest BCUT2D eigenvalue weighted by atomic mass is 9.94. The zero-order chi connectivity index (χ0) is 25.0. The van der Waals surface area contributed by atoms with Crippen molar-refractivity contribution >= 4 is 21.9 Å². The maximum Gasteiger partial charge on any atom is 0.305 e. The highest BCUT2D eigenvalue weighted by Gasteiger charge is 2.12. The molecule has 34 heavy (non-hydrogen) atoms. The monoisotopic (exact) mass is 544 g/mol. The summed E-state index contributed by atoms with van der Waals surface area (Å²) in [6.45, 7) is 5.23. The van der Waals surface area contributed by atoms with E-state index in [4.69, 9.17) is 4.74 Å². The van der Waals surface area contributed by atoms with Crippen LogP contribution in [0, 0.1) is 5.92 Å². The first-order valence-corrected chi connectivity index (χ1v) is 16.6. The first kappa shape index (κ1) is 34.0. The molecule has 0 saturated carbocycles. The zero-order valence-electron chi connectivity index (χ0n) is 23.4. The summed E-state index contributed by atoms with van der Waals surface area (Å²) >= 11 is 3.47. The summed E-state index contributed by atoms with van der Waals surface area (Å²) in [4.78, 5) is 12.2. The Morgan fingerprint density at radius 3 is 1.38 bits per heavy atom. The zero-order valence-corrected chi connectivity index (χ0v) is 24.9. The molecule has 2 nitrogen and oxygen atoms in total. The van der Waals surface area contributed by atoms with Crippen LogP contribution in [0.15, 0.2) is 0 Å². The molecule has 0 aromatic rings. The van der Waals surface area contributed by atoms with E-state index in [0.717, 1.165) is 18.2 Å². The second-order valence-corrected chi connectivity index (χ2v) is 11.4. The highest BCUT2D eigenvalue weighted by Crippen LogP contribution is 2.21. The fourth-order valence-corrected chi connectivity index (χ4v) is 5.20. The van der Waals surface area contributed by atoms with Crippen LogP contribution in [0.3, 0.4) is 0 Å². The molecule has 0 aromatic carbocycles. The molecule has 0 fully saturated rings. The summed E-state index contributed by atoms with van der Waals surface area (Å²) in [5, 5.41) is 1.07. The molecular formula is C31H61BrO2. The molecule has 0 heterocycles. The summed E-state index contributed by atoms with van der Waals surface area (Å²) in [7, 11) is 0. The van der Waals surface area contributed by atoms with E-state index in [9.17, 15) is 4.79 Å². The molecule has 0 rings (SSSR count). The van der Waals surface area contributed by atoms with E-state index in [1.165, 1.54) is 141 Å². The molecule has 0 amide bonds. The Labute approximate surface area is 223 Å². The van der Waals surface area contributed by atoms with Crippen molar-refractivity contribution in [3.63, 3.8) is 0 Å². The Hall–Kier alpha value is -0.0500. The van der Waals surface area contributed by atoms with Crippen molar-refractivity contribution in [3.8, 4) is 0 Å². The SMILES string of the molecule is CCCCCCCCCCCC(CCCCCCCCCCC)COC(=O)CCCCCCBr. The largest absolute Gasteiger partial charge is 0.465 e. The molecule has 0 unspecified atom stereocenters. The number of hydrogen-bond donors (Lipinski definition) is 0. The van der Waals surface area contributed by atoms with Crippen LogP contribution in [-0.2, 0) is 9.53 Å². The van der Waals surface area contributed by atoms with Crippen molar-refractivity contribution < 1.29 is 9.53 Å². The molecule has 0 bridgehead atoms. The molecule has 3 heteroatoms. The van der Waals surface area contributed by atoms with Gasteiger partial charge in [0.05, 0.1) is 6.61 Å². The molecule has 204 valence electrons. The third kappa shape index (κ3) is 26.6. The van der Waals surface area contributed by atoms with Gasteiger partial charge in [-0.15, -0.1) is 0 Å². The van der Waals surface area contributed by atoms with Crippen LogP contribution in [0.5, 0.6) is 0 Å². The third-order valence-electron chi connectivity index (χ3n) is 7.18. The lowest BCUT2D eigenvalue weighted by Crippen LogP contribution is -2.14. The standard InChI is InChI=1S/C31H61BrO2/c1-3-5-7-9-11-13-15-17-21-25-30(26-22-18-16-14-12-10-8-6-4-2)29-34-31(33)27-23-19-20-24-28-32/h30H,3-29H2,1-2H3. The fraction of sp³-hybridized carbons (Fsp3) is 0.968. The van der Waals surface area contributed by atoms with Gasteiger partial charge in [0.25, 0.3) is 0 Å². The predicted octanol–water partition coefficient (Wildman–Crippen LogP) is 11.3. The average molecular weight is 546 g/mol. The van der Waals surface area contributed by atoms with Crippen LogP contribution in [0.25, 0.3) is 0 Å². The van der Waals surface area contributed by atoms with Crippen LogP contribution in [-0.4, -0.2) is 17.9 Å². The van der Waals surface area contributed by atoms with Gasteiger partial charge in [-0.25, -0.2) is 0 Å².